The molecule has 2 aromatic heterocycles. The van der Waals surface area contributed by atoms with Crippen LogP contribution < -0.4 is 0 Å². The number of fused-ring (bicyclic) bond motifs is 1. The van der Waals surface area contributed by atoms with Gasteiger partial charge < -0.3 is 4.42 Å². The molecule has 0 unspecified atom stereocenters. The highest BCUT2D eigenvalue weighted by atomic mass is 16.3. The summed E-state index contributed by atoms with van der Waals surface area (Å²) < 4.78 is 5.14. The zero-order valence-corrected chi connectivity index (χ0v) is 7.28. The van der Waals surface area contributed by atoms with Crippen molar-refractivity contribution < 1.29 is 9.21 Å². The fraction of sp³-hybridized carbons (Fsp3) is 0.200. The molecule has 66 valence electrons. The molecule has 0 saturated heterocycles. The SMILES string of the molecule is CCC(=O)c1cnc2ccoc2c1. The second kappa shape index (κ2) is 3.01. The first-order valence-corrected chi connectivity index (χ1v) is 4.17. The Morgan fingerprint density at radius 1 is 1.62 bits per heavy atom. The molecule has 0 aliphatic carbocycles. The Balaban J connectivity index is 2.54. The van der Waals surface area contributed by atoms with E-state index in [1.54, 1.807) is 24.6 Å². The van der Waals surface area contributed by atoms with E-state index in [2.05, 4.69) is 4.98 Å². The molecule has 0 aliphatic rings. The summed E-state index contributed by atoms with van der Waals surface area (Å²) in [5.74, 6) is 0.0887. The first-order valence-electron chi connectivity index (χ1n) is 4.17. The van der Waals surface area contributed by atoms with Crippen LogP contribution in [0.25, 0.3) is 11.1 Å². The van der Waals surface area contributed by atoms with E-state index < -0.39 is 0 Å². The van der Waals surface area contributed by atoms with Crippen LogP contribution in [0.1, 0.15) is 23.7 Å². The molecule has 0 fully saturated rings. The molecule has 2 heterocycles. The largest absolute Gasteiger partial charge is 0.463 e. The quantitative estimate of drug-likeness (QED) is 0.658. The number of rotatable bonds is 2. The lowest BCUT2D eigenvalue weighted by molar-refractivity contribution is 0.0988. The molecule has 0 atom stereocenters. The van der Waals surface area contributed by atoms with Crippen LogP contribution in [0.5, 0.6) is 0 Å². The third-order valence-corrected chi connectivity index (χ3v) is 1.95. The van der Waals surface area contributed by atoms with Crippen LogP contribution in [0.2, 0.25) is 0 Å². The van der Waals surface area contributed by atoms with Crippen LogP contribution in [0.3, 0.4) is 0 Å². The van der Waals surface area contributed by atoms with Gasteiger partial charge in [0.15, 0.2) is 11.4 Å². The highest BCUT2D eigenvalue weighted by Gasteiger charge is 2.05. The van der Waals surface area contributed by atoms with Crippen LogP contribution in [-0.4, -0.2) is 10.8 Å². The molecule has 13 heavy (non-hydrogen) atoms. The number of carbonyl (C=O) groups is 1. The number of pyridine rings is 1. The second-order valence-electron chi connectivity index (χ2n) is 2.80. The van der Waals surface area contributed by atoms with Gasteiger partial charge >= 0.3 is 0 Å². The third kappa shape index (κ3) is 1.33. The van der Waals surface area contributed by atoms with Crippen molar-refractivity contribution >= 4 is 16.9 Å². The highest BCUT2D eigenvalue weighted by molar-refractivity contribution is 5.97. The standard InChI is InChI=1S/C10H9NO2/c1-2-9(12)7-5-10-8(11-6-7)3-4-13-10/h3-6H,2H2,1H3. The highest BCUT2D eigenvalue weighted by Crippen LogP contribution is 2.14. The molecular weight excluding hydrogens is 166 g/mol. The Bertz CT molecular complexity index is 445. The van der Waals surface area contributed by atoms with E-state index in [1.165, 1.54) is 0 Å². The van der Waals surface area contributed by atoms with Gasteiger partial charge in [0.2, 0.25) is 0 Å². The molecule has 0 N–H and O–H groups in total. The lowest BCUT2D eigenvalue weighted by atomic mass is 10.1. The predicted molar refractivity (Wildman–Crippen MR) is 48.6 cm³/mol. The first-order chi connectivity index (χ1) is 6.31. The number of carbonyl (C=O) groups excluding carboxylic acids is 1. The molecule has 3 nitrogen and oxygen atoms in total. The van der Waals surface area contributed by atoms with E-state index in [4.69, 9.17) is 4.42 Å². The summed E-state index contributed by atoms with van der Waals surface area (Å²) in [6.07, 6.45) is 3.65. The monoisotopic (exact) mass is 175 g/mol. The molecule has 0 aliphatic heterocycles. The topological polar surface area (TPSA) is 43.1 Å². The van der Waals surface area contributed by atoms with Gasteiger partial charge in [-0.15, -0.1) is 0 Å². The van der Waals surface area contributed by atoms with Crippen molar-refractivity contribution in [2.24, 2.45) is 0 Å². The zero-order valence-electron chi connectivity index (χ0n) is 7.28. The van der Waals surface area contributed by atoms with E-state index in [-0.39, 0.29) is 5.78 Å². The number of hydrogen-bond donors (Lipinski definition) is 0. The van der Waals surface area contributed by atoms with Crippen LogP contribution >= 0.6 is 0 Å². The Morgan fingerprint density at radius 3 is 3.23 bits per heavy atom. The van der Waals surface area contributed by atoms with E-state index in [9.17, 15) is 4.79 Å². The van der Waals surface area contributed by atoms with E-state index in [0.29, 0.717) is 17.6 Å². The van der Waals surface area contributed by atoms with Crippen molar-refractivity contribution in [3.05, 3.63) is 30.2 Å². The van der Waals surface area contributed by atoms with Crippen molar-refractivity contribution in [2.45, 2.75) is 13.3 Å². The first kappa shape index (κ1) is 7.98. The summed E-state index contributed by atoms with van der Waals surface area (Å²) >= 11 is 0. The summed E-state index contributed by atoms with van der Waals surface area (Å²) in [4.78, 5) is 15.4. The third-order valence-electron chi connectivity index (χ3n) is 1.95. The number of Topliss-reactive ketones (excluding diaryl/α,β-unsaturated/α-hetero) is 1. The summed E-state index contributed by atoms with van der Waals surface area (Å²) in [5, 5.41) is 0. The van der Waals surface area contributed by atoms with Gasteiger partial charge in [-0.3, -0.25) is 9.78 Å². The summed E-state index contributed by atoms with van der Waals surface area (Å²) in [5.41, 5.74) is 2.07. The Hall–Kier alpha value is -1.64. The molecule has 0 bridgehead atoms. The van der Waals surface area contributed by atoms with Crippen LogP contribution in [0, 0.1) is 0 Å². The van der Waals surface area contributed by atoms with Crippen LogP contribution in [0.15, 0.2) is 29.0 Å². The molecule has 0 amide bonds. The summed E-state index contributed by atoms with van der Waals surface area (Å²) in [6.45, 7) is 1.83. The number of ketones is 1. The van der Waals surface area contributed by atoms with Gasteiger partial charge in [-0.25, -0.2) is 0 Å². The van der Waals surface area contributed by atoms with Gasteiger partial charge in [0.1, 0.15) is 5.52 Å². The summed E-state index contributed by atoms with van der Waals surface area (Å²) in [6, 6.07) is 3.50. The zero-order chi connectivity index (χ0) is 9.26. The van der Waals surface area contributed by atoms with Gasteiger partial charge in [0.25, 0.3) is 0 Å². The normalized spacial score (nSPS) is 10.5. The fourth-order valence-electron chi connectivity index (χ4n) is 1.20. The molecule has 2 aromatic rings. The molecule has 2 rings (SSSR count). The maximum absolute atomic E-state index is 11.3. The Labute approximate surface area is 75.4 Å². The lowest BCUT2D eigenvalue weighted by Gasteiger charge is -1.95. The smallest absolute Gasteiger partial charge is 0.164 e. The van der Waals surface area contributed by atoms with E-state index in [0.717, 1.165) is 5.52 Å². The van der Waals surface area contributed by atoms with Crippen molar-refractivity contribution in [2.75, 3.05) is 0 Å². The number of nitrogens with zero attached hydrogens (tertiary/aromatic N) is 1. The molecule has 0 saturated carbocycles. The predicted octanol–water partition coefficient (Wildman–Crippen LogP) is 2.42. The maximum Gasteiger partial charge on any atom is 0.164 e. The average Bonchev–Trinajstić information content (AvgIpc) is 2.63. The van der Waals surface area contributed by atoms with Gasteiger partial charge in [0, 0.05) is 24.2 Å². The number of hydrogen-bond acceptors (Lipinski definition) is 3. The van der Waals surface area contributed by atoms with Crippen molar-refractivity contribution in [1.29, 1.82) is 0 Å². The Morgan fingerprint density at radius 2 is 2.46 bits per heavy atom. The summed E-state index contributed by atoms with van der Waals surface area (Å²) in [7, 11) is 0. The van der Waals surface area contributed by atoms with Crippen molar-refractivity contribution in [1.82, 2.24) is 4.98 Å². The molecule has 0 radical (unpaired) electrons. The van der Waals surface area contributed by atoms with Gasteiger partial charge in [0.05, 0.1) is 6.26 Å². The van der Waals surface area contributed by atoms with E-state index >= 15 is 0 Å². The van der Waals surface area contributed by atoms with Crippen molar-refractivity contribution in [3.8, 4) is 0 Å². The lowest BCUT2D eigenvalue weighted by Crippen LogP contribution is -1.96. The minimum absolute atomic E-state index is 0.0887. The molecule has 0 spiro atoms. The minimum atomic E-state index is 0.0887. The maximum atomic E-state index is 11.3. The molecular formula is C10H9NO2. The number of furan rings is 1. The molecule has 3 heteroatoms. The average molecular weight is 175 g/mol. The van der Waals surface area contributed by atoms with Gasteiger partial charge in [-0.1, -0.05) is 6.92 Å². The van der Waals surface area contributed by atoms with E-state index in [1.807, 2.05) is 6.92 Å². The van der Waals surface area contributed by atoms with Crippen LogP contribution in [-0.2, 0) is 0 Å². The van der Waals surface area contributed by atoms with Crippen LogP contribution in [0.4, 0.5) is 0 Å². The van der Waals surface area contributed by atoms with Crippen molar-refractivity contribution in [3.63, 3.8) is 0 Å². The van der Waals surface area contributed by atoms with Gasteiger partial charge in [-0.05, 0) is 6.07 Å². The number of aromatic nitrogens is 1. The second-order valence-corrected chi connectivity index (χ2v) is 2.80. The van der Waals surface area contributed by atoms with Gasteiger partial charge in [-0.2, -0.15) is 0 Å². The Kier molecular flexibility index (Phi) is 1.85. The molecule has 0 aromatic carbocycles. The minimum Gasteiger partial charge on any atom is -0.463 e. The fourth-order valence-corrected chi connectivity index (χ4v) is 1.20.